The molecule has 1 aliphatic rings. The van der Waals surface area contributed by atoms with Gasteiger partial charge in [-0.3, -0.25) is 9.59 Å². The molecule has 1 aromatic carbocycles. The standard InChI is InChI=1S/C19H25N3O2/c23-18(8-4-12-21-19(24)14-9-10-14)20-11-3-5-15-13-22-17-7-2-1-6-16(15)17/h1-2,6-7,13-14,22H,3-5,8-12H2,(H,20,23)(H,21,24). The quantitative estimate of drug-likeness (QED) is 0.619. The Kier molecular flexibility index (Phi) is 5.51. The normalized spacial score (nSPS) is 13.8. The summed E-state index contributed by atoms with van der Waals surface area (Å²) < 4.78 is 0. The molecule has 1 fully saturated rings. The summed E-state index contributed by atoms with van der Waals surface area (Å²) in [5, 5.41) is 7.09. The third-order valence-corrected chi connectivity index (χ3v) is 4.45. The van der Waals surface area contributed by atoms with Crippen LogP contribution >= 0.6 is 0 Å². The van der Waals surface area contributed by atoms with Gasteiger partial charge in [-0.25, -0.2) is 0 Å². The van der Waals surface area contributed by atoms with Crippen LogP contribution < -0.4 is 10.6 Å². The van der Waals surface area contributed by atoms with E-state index >= 15 is 0 Å². The molecule has 3 rings (SSSR count). The summed E-state index contributed by atoms with van der Waals surface area (Å²) in [4.78, 5) is 26.5. The molecule has 0 spiro atoms. The van der Waals surface area contributed by atoms with Crippen molar-refractivity contribution in [2.45, 2.75) is 38.5 Å². The van der Waals surface area contributed by atoms with E-state index in [9.17, 15) is 9.59 Å². The van der Waals surface area contributed by atoms with Crippen LogP contribution in [0.25, 0.3) is 10.9 Å². The first-order valence-corrected chi connectivity index (χ1v) is 8.83. The second-order valence-electron chi connectivity index (χ2n) is 6.48. The zero-order chi connectivity index (χ0) is 16.8. The molecule has 0 unspecified atom stereocenters. The first-order chi connectivity index (χ1) is 11.7. The minimum Gasteiger partial charge on any atom is -0.361 e. The maximum absolute atomic E-state index is 11.8. The smallest absolute Gasteiger partial charge is 0.223 e. The molecule has 1 aliphatic carbocycles. The van der Waals surface area contributed by atoms with Gasteiger partial charge in [-0.05, 0) is 43.7 Å². The Balaban J connectivity index is 1.27. The zero-order valence-electron chi connectivity index (χ0n) is 13.9. The van der Waals surface area contributed by atoms with E-state index in [0.29, 0.717) is 25.9 Å². The highest BCUT2D eigenvalue weighted by atomic mass is 16.2. The van der Waals surface area contributed by atoms with E-state index in [1.54, 1.807) is 0 Å². The van der Waals surface area contributed by atoms with Crippen molar-refractivity contribution >= 4 is 22.7 Å². The van der Waals surface area contributed by atoms with Crippen molar-refractivity contribution in [3.05, 3.63) is 36.0 Å². The first kappa shape index (κ1) is 16.6. The molecule has 0 saturated heterocycles. The summed E-state index contributed by atoms with van der Waals surface area (Å²) in [7, 11) is 0. The van der Waals surface area contributed by atoms with Gasteiger partial charge in [0.1, 0.15) is 0 Å². The molecule has 2 amide bonds. The van der Waals surface area contributed by atoms with Gasteiger partial charge in [-0.15, -0.1) is 0 Å². The number of hydrogen-bond acceptors (Lipinski definition) is 2. The lowest BCUT2D eigenvalue weighted by Crippen LogP contribution is -2.28. The van der Waals surface area contributed by atoms with E-state index in [1.807, 2.05) is 12.1 Å². The summed E-state index contributed by atoms with van der Waals surface area (Å²) in [5.74, 6) is 0.451. The van der Waals surface area contributed by atoms with E-state index in [-0.39, 0.29) is 17.7 Å². The van der Waals surface area contributed by atoms with Gasteiger partial charge in [0, 0.05) is 42.5 Å². The third-order valence-electron chi connectivity index (χ3n) is 4.45. The first-order valence-electron chi connectivity index (χ1n) is 8.83. The molecule has 0 radical (unpaired) electrons. The number of benzene rings is 1. The van der Waals surface area contributed by atoms with Gasteiger partial charge in [0.15, 0.2) is 0 Å². The number of hydrogen-bond donors (Lipinski definition) is 3. The van der Waals surface area contributed by atoms with Crippen LogP contribution in [0, 0.1) is 5.92 Å². The van der Waals surface area contributed by atoms with Crippen molar-refractivity contribution in [2.24, 2.45) is 5.92 Å². The Morgan fingerprint density at radius 2 is 1.88 bits per heavy atom. The molecule has 1 aromatic heterocycles. The molecule has 24 heavy (non-hydrogen) atoms. The number of fused-ring (bicyclic) bond motifs is 1. The summed E-state index contributed by atoms with van der Waals surface area (Å²) >= 11 is 0. The molecular formula is C19H25N3O2. The van der Waals surface area contributed by atoms with Gasteiger partial charge in [0.2, 0.25) is 11.8 Å². The predicted molar refractivity (Wildman–Crippen MR) is 94.6 cm³/mol. The minimum absolute atomic E-state index is 0.0644. The lowest BCUT2D eigenvalue weighted by atomic mass is 10.1. The summed E-state index contributed by atoms with van der Waals surface area (Å²) in [6.45, 7) is 1.28. The van der Waals surface area contributed by atoms with Crippen LogP contribution in [0.3, 0.4) is 0 Å². The fraction of sp³-hybridized carbons (Fsp3) is 0.474. The number of nitrogens with one attached hydrogen (secondary N) is 3. The van der Waals surface area contributed by atoms with Crippen LogP contribution in [-0.4, -0.2) is 29.9 Å². The lowest BCUT2D eigenvalue weighted by molar-refractivity contribution is -0.123. The maximum atomic E-state index is 11.8. The monoisotopic (exact) mass is 327 g/mol. The highest BCUT2D eigenvalue weighted by Crippen LogP contribution is 2.28. The van der Waals surface area contributed by atoms with E-state index in [4.69, 9.17) is 0 Å². The fourth-order valence-electron chi connectivity index (χ4n) is 2.88. The fourth-order valence-corrected chi connectivity index (χ4v) is 2.88. The Morgan fingerprint density at radius 1 is 1.08 bits per heavy atom. The largest absolute Gasteiger partial charge is 0.361 e. The van der Waals surface area contributed by atoms with Gasteiger partial charge < -0.3 is 15.6 Å². The molecule has 3 N–H and O–H groups in total. The van der Waals surface area contributed by atoms with Crippen LogP contribution in [0.5, 0.6) is 0 Å². The van der Waals surface area contributed by atoms with Gasteiger partial charge in [0.25, 0.3) is 0 Å². The van der Waals surface area contributed by atoms with Crippen molar-refractivity contribution in [3.8, 4) is 0 Å². The van der Waals surface area contributed by atoms with E-state index in [2.05, 4.69) is 33.9 Å². The number of carbonyl (C=O) groups is 2. The highest BCUT2D eigenvalue weighted by Gasteiger charge is 2.28. The number of para-hydroxylation sites is 1. The van der Waals surface area contributed by atoms with E-state index < -0.39 is 0 Å². The zero-order valence-corrected chi connectivity index (χ0v) is 13.9. The number of amides is 2. The van der Waals surface area contributed by atoms with Crippen LogP contribution in [0.2, 0.25) is 0 Å². The maximum Gasteiger partial charge on any atom is 0.223 e. The van der Waals surface area contributed by atoms with Gasteiger partial charge in [-0.2, -0.15) is 0 Å². The summed E-state index contributed by atoms with van der Waals surface area (Å²) in [6, 6.07) is 8.26. The summed E-state index contributed by atoms with van der Waals surface area (Å²) in [6.07, 6.45) is 7.12. The number of rotatable bonds is 9. The number of aromatic nitrogens is 1. The Bertz CT molecular complexity index is 703. The minimum atomic E-state index is 0.0644. The van der Waals surface area contributed by atoms with Gasteiger partial charge >= 0.3 is 0 Å². The number of aryl methyl sites for hydroxylation is 1. The van der Waals surface area contributed by atoms with Crippen molar-refractivity contribution in [1.82, 2.24) is 15.6 Å². The number of carbonyl (C=O) groups excluding carboxylic acids is 2. The predicted octanol–water partition coefficient (Wildman–Crippen LogP) is 2.52. The van der Waals surface area contributed by atoms with Crippen LogP contribution in [0.15, 0.2) is 30.5 Å². The lowest BCUT2D eigenvalue weighted by Gasteiger charge is -2.06. The molecule has 5 nitrogen and oxygen atoms in total. The Labute approximate surface area is 142 Å². The van der Waals surface area contributed by atoms with Crippen LogP contribution in [-0.2, 0) is 16.0 Å². The Hall–Kier alpha value is -2.30. The molecule has 128 valence electrons. The van der Waals surface area contributed by atoms with E-state index in [0.717, 1.165) is 31.2 Å². The van der Waals surface area contributed by atoms with Crippen LogP contribution in [0.1, 0.15) is 37.7 Å². The van der Waals surface area contributed by atoms with Crippen molar-refractivity contribution < 1.29 is 9.59 Å². The van der Waals surface area contributed by atoms with Crippen LogP contribution in [0.4, 0.5) is 0 Å². The van der Waals surface area contributed by atoms with E-state index in [1.165, 1.54) is 10.9 Å². The second kappa shape index (κ2) is 7.99. The van der Waals surface area contributed by atoms with Crippen molar-refractivity contribution in [2.75, 3.05) is 13.1 Å². The SMILES string of the molecule is O=C(CCCNC(=O)C1CC1)NCCCc1c[nH]c2ccccc12. The highest BCUT2D eigenvalue weighted by molar-refractivity contribution is 5.83. The number of aromatic amines is 1. The Morgan fingerprint density at radius 3 is 2.71 bits per heavy atom. The van der Waals surface area contributed by atoms with Gasteiger partial charge in [0.05, 0.1) is 0 Å². The molecule has 5 heteroatoms. The number of H-pyrrole nitrogens is 1. The second-order valence-corrected chi connectivity index (χ2v) is 6.48. The molecular weight excluding hydrogens is 302 g/mol. The molecule has 1 saturated carbocycles. The molecule has 0 aliphatic heterocycles. The van der Waals surface area contributed by atoms with Gasteiger partial charge in [-0.1, -0.05) is 18.2 Å². The topological polar surface area (TPSA) is 74.0 Å². The molecule has 1 heterocycles. The average molecular weight is 327 g/mol. The third kappa shape index (κ3) is 4.60. The molecule has 0 atom stereocenters. The average Bonchev–Trinajstić information content (AvgIpc) is 3.37. The van der Waals surface area contributed by atoms with Crippen molar-refractivity contribution in [1.29, 1.82) is 0 Å². The molecule has 2 aromatic rings. The van der Waals surface area contributed by atoms with Crippen molar-refractivity contribution in [3.63, 3.8) is 0 Å². The molecule has 0 bridgehead atoms. The summed E-state index contributed by atoms with van der Waals surface area (Å²) in [5.41, 5.74) is 2.45.